The summed E-state index contributed by atoms with van der Waals surface area (Å²) in [5.74, 6) is 0. The van der Waals surface area contributed by atoms with Crippen LogP contribution in [0.25, 0.3) is 11.1 Å². The summed E-state index contributed by atoms with van der Waals surface area (Å²) < 4.78 is 0. The normalized spacial score (nSPS) is 17.3. The molecule has 0 radical (unpaired) electrons. The Hall–Kier alpha value is -2.91. The highest BCUT2D eigenvalue weighted by Gasteiger charge is 2.33. The molecule has 2 aliphatic rings. The van der Waals surface area contributed by atoms with Crippen molar-refractivity contribution in [2.45, 2.75) is 6.04 Å². The summed E-state index contributed by atoms with van der Waals surface area (Å²) in [6, 6.07) is 28.4. The number of hydrogen-bond donors (Lipinski definition) is 0. The van der Waals surface area contributed by atoms with Crippen molar-refractivity contribution in [1.82, 2.24) is 9.91 Å². The second kappa shape index (κ2) is 7.01. The lowest BCUT2D eigenvalue weighted by Crippen LogP contribution is -2.45. The third-order valence-corrected chi connectivity index (χ3v) is 5.63. The molecule has 3 nitrogen and oxygen atoms in total. The summed E-state index contributed by atoms with van der Waals surface area (Å²) in [5, 5.41) is 6.88. The first-order valence-electron chi connectivity index (χ1n) is 9.66. The Morgan fingerprint density at radius 3 is 1.85 bits per heavy atom. The van der Waals surface area contributed by atoms with Crippen molar-refractivity contribution in [3.63, 3.8) is 0 Å². The molecule has 0 saturated carbocycles. The third kappa shape index (κ3) is 3.04. The van der Waals surface area contributed by atoms with Crippen LogP contribution in [0.2, 0.25) is 0 Å². The van der Waals surface area contributed by atoms with E-state index in [9.17, 15) is 0 Å². The van der Waals surface area contributed by atoms with Crippen LogP contribution in [0.3, 0.4) is 0 Å². The maximum Gasteiger partial charge on any atom is 0.0615 e. The second-order valence-electron chi connectivity index (χ2n) is 7.22. The lowest BCUT2D eigenvalue weighted by atomic mass is 10.0. The summed E-state index contributed by atoms with van der Waals surface area (Å²) in [5.41, 5.74) is 6.82. The fourth-order valence-electron chi connectivity index (χ4n) is 4.29. The molecule has 0 amide bonds. The van der Waals surface area contributed by atoms with Gasteiger partial charge in [0.25, 0.3) is 0 Å². The first kappa shape index (κ1) is 16.3. The molecule has 0 unspecified atom stereocenters. The predicted octanol–water partition coefficient (Wildman–Crippen LogP) is 4.41. The summed E-state index contributed by atoms with van der Waals surface area (Å²) >= 11 is 0. The highest BCUT2D eigenvalue weighted by Crippen LogP contribution is 2.46. The van der Waals surface area contributed by atoms with E-state index in [4.69, 9.17) is 0 Å². The van der Waals surface area contributed by atoms with E-state index in [1.807, 2.05) is 24.4 Å². The molecule has 0 N–H and O–H groups in total. The van der Waals surface area contributed by atoms with E-state index in [1.165, 1.54) is 22.3 Å². The van der Waals surface area contributed by atoms with E-state index in [0.29, 0.717) is 6.04 Å². The highest BCUT2D eigenvalue weighted by atomic mass is 15.5. The van der Waals surface area contributed by atoms with Crippen LogP contribution in [-0.4, -0.2) is 42.3 Å². The van der Waals surface area contributed by atoms with Gasteiger partial charge < -0.3 is 0 Å². The van der Waals surface area contributed by atoms with Crippen molar-refractivity contribution < 1.29 is 0 Å². The van der Waals surface area contributed by atoms with Crippen LogP contribution < -0.4 is 0 Å². The Morgan fingerprint density at radius 1 is 0.667 bits per heavy atom. The van der Waals surface area contributed by atoms with Crippen LogP contribution in [0.5, 0.6) is 0 Å². The van der Waals surface area contributed by atoms with E-state index < -0.39 is 0 Å². The zero-order valence-electron chi connectivity index (χ0n) is 15.3. The van der Waals surface area contributed by atoms with Crippen molar-refractivity contribution in [2.24, 2.45) is 5.10 Å². The van der Waals surface area contributed by atoms with Gasteiger partial charge in [0.2, 0.25) is 0 Å². The van der Waals surface area contributed by atoms with Gasteiger partial charge in [0.15, 0.2) is 0 Å². The minimum Gasteiger partial charge on any atom is -0.294 e. The average Bonchev–Trinajstić information content (AvgIpc) is 3.08. The van der Waals surface area contributed by atoms with E-state index in [2.05, 4.69) is 75.7 Å². The molecule has 0 atom stereocenters. The third-order valence-electron chi connectivity index (χ3n) is 5.63. The molecule has 1 saturated heterocycles. The van der Waals surface area contributed by atoms with Crippen LogP contribution in [0, 0.1) is 0 Å². The minimum atomic E-state index is 0.373. The molecule has 3 aromatic carbocycles. The Labute approximate surface area is 160 Å². The minimum absolute atomic E-state index is 0.373. The van der Waals surface area contributed by atoms with Gasteiger partial charge in [-0.15, -0.1) is 0 Å². The molecule has 1 fully saturated rings. The number of hydrogen-bond acceptors (Lipinski definition) is 3. The maximum atomic E-state index is 4.68. The summed E-state index contributed by atoms with van der Waals surface area (Å²) in [6.07, 6.45) is 1.97. The van der Waals surface area contributed by atoms with Gasteiger partial charge in [-0.1, -0.05) is 78.9 Å². The van der Waals surface area contributed by atoms with Gasteiger partial charge in [-0.25, -0.2) is 0 Å². The maximum absolute atomic E-state index is 4.68. The molecule has 0 spiro atoms. The first-order valence-corrected chi connectivity index (χ1v) is 9.66. The second-order valence-corrected chi connectivity index (χ2v) is 7.22. The molecule has 27 heavy (non-hydrogen) atoms. The average molecular weight is 353 g/mol. The van der Waals surface area contributed by atoms with E-state index >= 15 is 0 Å². The zero-order valence-corrected chi connectivity index (χ0v) is 15.3. The van der Waals surface area contributed by atoms with Crippen molar-refractivity contribution in [1.29, 1.82) is 0 Å². The van der Waals surface area contributed by atoms with Crippen LogP contribution in [0.1, 0.15) is 22.7 Å². The standard InChI is InChI=1S/C24H23N3/c1-2-8-19(9-3-1)18-25-27-16-14-26(15-17-27)24-22-12-6-4-10-20(22)21-11-5-7-13-23(21)24/h1-13,18,24H,14-17H2/b25-18-. The number of piperazine rings is 1. The topological polar surface area (TPSA) is 18.8 Å². The number of rotatable bonds is 3. The van der Waals surface area contributed by atoms with E-state index in [0.717, 1.165) is 31.7 Å². The van der Waals surface area contributed by atoms with Crippen molar-refractivity contribution in [3.8, 4) is 11.1 Å². The lowest BCUT2D eigenvalue weighted by molar-refractivity contribution is 0.114. The largest absolute Gasteiger partial charge is 0.294 e. The van der Waals surface area contributed by atoms with E-state index in [-0.39, 0.29) is 0 Å². The number of fused-ring (bicyclic) bond motifs is 3. The molecule has 0 bridgehead atoms. The van der Waals surface area contributed by atoms with Crippen molar-refractivity contribution >= 4 is 6.21 Å². The lowest BCUT2D eigenvalue weighted by Gasteiger charge is -2.37. The van der Waals surface area contributed by atoms with Crippen LogP contribution in [0.15, 0.2) is 84.0 Å². The Kier molecular flexibility index (Phi) is 4.23. The first-order chi connectivity index (χ1) is 13.4. The zero-order chi connectivity index (χ0) is 18.1. The molecule has 1 aliphatic carbocycles. The number of benzene rings is 3. The van der Waals surface area contributed by atoms with Gasteiger partial charge >= 0.3 is 0 Å². The van der Waals surface area contributed by atoms with Crippen LogP contribution in [-0.2, 0) is 0 Å². The fraction of sp³-hybridized carbons (Fsp3) is 0.208. The highest BCUT2D eigenvalue weighted by molar-refractivity contribution is 5.79. The monoisotopic (exact) mass is 353 g/mol. The quantitative estimate of drug-likeness (QED) is 0.650. The Bertz CT molecular complexity index is 911. The molecule has 1 heterocycles. The molecule has 134 valence electrons. The van der Waals surface area contributed by atoms with Crippen LogP contribution >= 0.6 is 0 Å². The Balaban J connectivity index is 1.33. The summed E-state index contributed by atoms with van der Waals surface area (Å²) in [4.78, 5) is 2.61. The summed E-state index contributed by atoms with van der Waals surface area (Å²) in [6.45, 7) is 3.98. The molecular weight excluding hydrogens is 330 g/mol. The molecule has 1 aliphatic heterocycles. The van der Waals surface area contributed by atoms with Crippen molar-refractivity contribution in [2.75, 3.05) is 26.2 Å². The van der Waals surface area contributed by atoms with Gasteiger partial charge in [0.05, 0.1) is 12.3 Å². The SMILES string of the molecule is C(=N/N1CCN(C2c3ccccc3-c3ccccc32)CC1)/c1ccccc1. The molecule has 5 rings (SSSR count). The van der Waals surface area contributed by atoms with Crippen molar-refractivity contribution in [3.05, 3.63) is 95.6 Å². The Morgan fingerprint density at radius 2 is 1.22 bits per heavy atom. The van der Waals surface area contributed by atoms with Gasteiger partial charge in [-0.2, -0.15) is 5.10 Å². The molecular formula is C24H23N3. The summed E-state index contributed by atoms with van der Waals surface area (Å²) in [7, 11) is 0. The number of hydrazone groups is 1. The van der Waals surface area contributed by atoms with Gasteiger partial charge in [-0.3, -0.25) is 9.91 Å². The van der Waals surface area contributed by atoms with Gasteiger partial charge in [0, 0.05) is 26.2 Å². The van der Waals surface area contributed by atoms with Crippen LogP contribution in [0.4, 0.5) is 0 Å². The fourth-order valence-corrected chi connectivity index (χ4v) is 4.29. The predicted molar refractivity (Wildman–Crippen MR) is 111 cm³/mol. The molecule has 3 aromatic rings. The molecule has 0 aromatic heterocycles. The van der Waals surface area contributed by atoms with E-state index in [1.54, 1.807) is 0 Å². The molecule has 3 heteroatoms. The number of nitrogens with zero attached hydrogens (tertiary/aromatic N) is 3. The smallest absolute Gasteiger partial charge is 0.0615 e. The van der Waals surface area contributed by atoms with Gasteiger partial charge in [-0.05, 0) is 27.8 Å². The van der Waals surface area contributed by atoms with Gasteiger partial charge in [0.1, 0.15) is 0 Å².